The fourth-order valence-corrected chi connectivity index (χ4v) is 1.75. The molecule has 94 valence electrons. The third kappa shape index (κ3) is 4.77. The first-order valence-corrected chi connectivity index (χ1v) is 5.88. The van der Waals surface area contributed by atoms with Crippen LogP contribution in [0.3, 0.4) is 0 Å². The van der Waals surface area contributed by atoms with Gasteiger partial charge in [-0.05, 0) is 13.3 Å². The van der Waals surface area contributed by atoms with Crippen molar-refractivity contribution in [1.82, 2.24) is 14.7 Å². The van der Waals surface area contributed by atoms with Gasteiger partial charge in [0.15, 0.2) is 0 Å². The lowest BCUT2D eigenvalue weighted by molar-refractivity contribution is -0.137. The number of hydrogen-bond donors (Lipinski definition) is 3. The highest BCUT2D eigenvalue weighted by atomic mass is 32.1. The van der Waals surface area contributed by atoms with E-state index in [4.69, 9.17) is 5.11 Å². The Bertz CT molecular complexity index is 407. The Kier molecular flexibility index (Phi) is 4.83. The van der Waals surface area contributed by atoms with E-state index in [0.29, 0.717) is 17.4 Å². The quantitative estimate of drug-likeness (QED) is 0.736. The lowest BCUT2D eigenvalue weighted by Crippen LogP contribution is -2.38. The lowest BCUT2D eigenvalue weighted by Gasteiger charge is -2.14. The minimum Gasteiger partial charge on any atom is -0.481 e. The number of rotatable bonds is 5. The van der Waals surface area contributed by atoms with Gasteiger partial charge in [0.1, 0.15) is 5.82 Å². The van der Waals surface area contributed by atoms with Crippen molar-refractivity contribution in [3.63, 3.8) is 0 Å². The van der Waals surface area contributed by atoms with Gasteiger partial charge in [-0.1, -0.05) is 6.92 Å². The van der Waals surface area contributed by atoms with Gasteiger partial charge in [-0.3, -0.25) is 10.1 Å². The number of anilines is 1. The van der Waals surface area contributed by atoms with E-state index in [-0.39, 0.29) is 12.5 Å². The van der Waals surface area contributed by atoms with Crippen molar-refractivity contribution in [2.75, 3.05) is 5.32 Å². The molecule has 0 radical (unpaired) electrons. The standard InChI is InChI=1S/C9H14N4O3S/c1-3-6(4-7(14)15)11-8(16)12-9-10-5(2)13-17-9/h6H,3-4H2,1-2H3,(H,14,15)(H2,10,11,12,13,16). The molecule has 0 aliphatic carbocycles. The number of carboxylic acid groups (broad SMARTS) is 1. The zero-order chi connectivity index (χ0) is 12.8. The molecule has 1 atom stereocenters. The van der Waals surface area contributed by atoms with Crippen LogP contribution in [0.15, 0.2) is 0 Å². The molecule has 0 saturated heterocycles. The number of aromatic nitrogens is 2. The minimum absolute atomic E-state index is 0.0981. The van der Waals surface area contributed by atoms with Gasteiger partial charge in [-0.15, -0.1) is 0 Å². The van der Waals surface area contributed by atoms with E-state index in [2.05, 4.69) is 20.0 Å². The van der Waals surface area contributed by atoms with Gasteiger partial charge >= 0.3 is 12.0 Å². The predicted molar refractivity (Wildman–Crippen MR) is 63.1 cm³/mol. The average Bonchev–Trinajstić information content (AvgIpc) is 2.62. The molecular weight excluding hydrogens is 244 g/mol. The number of urea groups is 1. The summed E-state index contributed by atoms with van der Waals surface area (Å²) >= 11 is 1.08. The smallest absolute Gasteiger partial charge is 0.321 e. The van der Waals surface area contributed by atoms with E-state index in [9.17, 15) is 9.59 Å². The van der Waals surface area contributed by atoms with E-state index in [1.54, 1.807) is 6.92 Å². The third-order valence-electron chi connectivity index (χ3n) is 2.00. The Morgan fingerprint density at radius 3 is 2.71 bits per heavy atom. The third-order valence-corrected chi connectivity index (χ3v) is 2.72. The Morgan fingerprint density at radius 2 is 2.24 bits per heavy atom. The lowest BCUT2D eigenvalue weighted by atomic mass is 10.1. The van der Waals surface area contributed by atoms with Crippen LogP contribution in [-0.2, 0) is 4.79 Å². The van der Waals surface area contributed by atoms with E-state index >= 15 is 0 Å². The van der Waals surface area contributed by atoms with Gasteiger partial charge in [0, 0.05) is 17.6 Å². The van der Waals surface area contributed by atoms with Gasteiger partial charge in [-0.2, -0.15) is 4.37 Å². The summed E-state index contributed by atoms with van der Waals surface area (Å²) in [4.78, 5) is 26.0. The van der Waals surface area contributed by atoms with Crippen LogP contribution in [0, 0.1) is 6.92 Å². The topological polar surface area (TPSA) is 104 Å². The summed E-state index contributed by atoms with van der Waals surface area (Å²) in [7, 11) is 0. The number of nitrogens with one attached hydrogen (secondary N) is 2. The number of aryl methyl sites for hydroxylation is 1. The molecule has 0 aromatic carbocycles. The fraction of sp³-hybridized carbons (Fsp3) is 0.556. The first-order chi connectivity index (χ1) is 8.01. The zero-order valence-corrected chi connectivity index (χ0v) is 10.4. The van der Waals surface area contributed by atoms with Gasteiger partial charge < -0.3 is 10.4 Å². The van der Waals surface area contributed by atoms with Crippen LogP contribution in [-0.4, -0.2) is 32.5 Å². The maximum atomic E-state index is 11.5. The molecule has 7 nitrogen and oxygen atoms in total. The minimum atomic E-state index is -0.941. The average molecular weight is 258 g/mol. The molecule has 1 heterocycles. The Balaban J connectivity index is 2.45. The van der Waals surface area contributed by atoms with E-state index in [0.717, 1.165) is 11.5 Å². The summed E-state index contributed by atoms with van der Waals surface area (Å²) in [5, 5.41) is 14.1. The number of amides is 2. The van der Waals surface area contributed by atoms with Crippen LogP contribution >= 0.6 is 11.5 Å². The number of carbonyl (C=O) groups is 2. The summed E-state index contributed by atoms with van der Waals surface area (Å²) in [5.41, 5.74) is 0. The number of nitrogens with zero attached hydrogens (tertiary/aromatic N) is 2. The van der Waals surface area contributed by atoms with Crippen molar-refractivity contribution in [1.29, 1.82) is 0 Å². The van der Waals surface area contributed by atoms with Crippen molar-refractivity contribution in [2.45, 2.75) is 32.7 Å². The summed E-state index contributed by atoms with van der Waals surface area (Å²) in [6.45, 7) is 3.53. The highest BCUT2D eigenvalue weighted by Crippen LogP contribution is 2.09. The summed E-state index contributed by atoms with van der Waals surface area (Å²) < 4.78 is 3.91. The second-order valence-corrected chi connectivity index (χ2v) is 4.20. The van der Waals surface area contributed by atoms with Gasteiger partial charge in [0.2, 0.25) is 5.13 Å². The number of aliphatic carboxylic acids is 1. The Morgan fingerprint density at radius 1 is 1.53 bits per heavy atom. The van der Waals surface area contributed by atoms with Crippen molar-refractivity contribution in [2.24, 2.45) is 0 Å². The molecule has 2 amide bonds. The van der Waals surface area contributed by atoms with Crippen LogP contribution in [0.4, 0.5) is 9.93 Å². The van der Waals surface area contributed by atoms with Crippen molar-refractivity contribution < 1.29 is 14.7 Å². The maximum Gasteiger partial charge on any atom is 0.321 e. The number of carboxylic acids is 1. The molecule has 3 N–H and O–H groups in total. The summed E-state index contributed by atoms with van der Waals surface area (Å²) in [6, 6.07) is -0.851. The molecule has 0 aliphatic heterocycles. The summed E-state index contributed by atoms with van der Waals surface area (Å²) in [5.74, 6) is -0.355. The SMILES string of the molecule is CCC(CC(=O)O)NC(=O)Nc1nc(C)ns1. The van der Waals surface area contributed by atoms with E-state index in [1.165, 1.54) is 0 Å². The summed E-state index contributed by atoms with van der Waals surface area (Å²) in [6.07, 6.45) is 0.452. The largest absolute Gasteiger partial charge is 0.481 e. The second kappa shape index (κ2) is 6.14. The molecule has 0 spiro atoms. The first kappa shape index (κ1) is 13.4. The zero-order valence-electron chi connectivity index (χ0n) is 9.56. The van der Waals surface area contributed by atoms with Crippen LogP contribution in [0.25, 0.3) is 0 Å². The van der Waals surface area contributed by atoms with Gasteiger partial charge in [0.25, 0.3) is 0 Å². The van der Waals surface area contributed by atoms with E-state index in [1.807, 2.05) is 6.92 Å². The highest BCUT2D eigenvalue weighted by Gasteiger charge is 2.14. The van der Waals surface area contributed by atoms with Crippen LogP contribution in [0.5, 0.6) is 0 Å². The van der Waals surface area contributed by atoms with E-state index < -0.39 is 12.0 Å². The van der Waals surface area contributed by atoms with Crippen molar-refractivity contribution in [3.05, 3.63) is 5.82 Å². The van der Waals surface area contributed by atoms with Crippen molar-refractivity contribution >= 4 is 28.7 Å². The number of hydrogen-bond acceptors (Lipinski definition) is 5. The normalized spacial score (nSPS) is 11.9. The van der Waals surface area contributed by atoms with Crippen LogP contribution in [0.2, 0.25) is 0 Å². The fourth-order valence-electron chi connectivity index (χ4n) is 1.17. The molecule has 1 unspecified atom stereocenters. The monoisotopic (exact) mass is 258 g/mol. The van der Waals surface area contributed by atoms with Gasteiger partial charge in [-0.25, -0.2) is 9.78 Å². The predicted octanol–water partition coefficient (Wildman–Crippen LogP) is 1.22. The molecule has 0 saturated carbocycles. The Hall–Kier alpha value is -1.70. The molecule has 8 heteroatoms. The molecule has 0 aliphatic rings. The van der Waals surface area contributed by atoms with Crippen LogP contribution < -0.4 is 10.6 Å². The molecule has 1 aromatic heterocycles. The molecule has 0 bridgehead atoms. The highest BCUT2D eigenvalue weighted by molar-refractivity contribution is 7.09. The number of carbonyl (C=O) groups excluding carboxylic acids is 1. The van der Waals surface area contributed by atoms with Gasteiger partial charge in [0.05, 0.1) is 6.42 Å². The Labute approximate surface area is 102 Å². The molecule has 1 rings (SSSR count). The maximum absolute atomic E-state index is 11.5. The second-order valence-electron chi connectivity index (χ2n) is 3.45. The van der Waals surface area contributed by atoms with Crippen LogP contribution in [0.1, 0.15) is 25.6 Å². The molecule has 1 aromatic rings. The molecule has 0 fully saturated rings. The van der Waals surface area contributed by atoms with Crippen molar-refractivity contribution in [3.8, 4) is 0 Å². The first-order valence-electron chi connectivity index (χ1n) is 5.11. The molecular formula is C9H14N4O3S. The molecule has 17 heavy (non-hydrogen) atoms.